The predicted molar refractivity (Wildman–Crippen MR) is 73.9 cm³/mol. The van der Waals surface area contributed by atoms with Gasteiger partial charge < -0.3 is 15.0 Å². The largest absolute Gasteiger partial charge is 0.376 e. The van der Waals surface area contributed by atoms with Crippen molar-refractivity contribution >= 4 is 11.8 Å². The number of hydrogen-bond donors (Lipinski definition) is 1. The Morgan fingerprint density at radius 3 is 3.00 bits per heavy atom. The number of hydrogen-bond acceptors (Lipinski definition) is 6. The maximum absolute atomic E-state index is 6.06. The Balaban J connectivity index is 1.60. The number of thioether (sulfide) groups is 1. The summed E-state index contributed by atoms with van der Waals surface area (Å²) in [5, 5.41) is 4.02. The molecular formula is C13H21N3O2S. The molecule has 2 atom stereocenters. The standard InChI is InChI=1S/C13H21N3O2S/c1-13(6-3-7-19-13)12-15-11(16-18-12)10(14)8-17-9-4-2-5-9/h9-10H,2-8,14H2,1H3. The first-order chi connectivity index (χ1) is 9.17. The maximum atomic E-state index is 6.06. The summed E-state index contributed by atoms with van der Waals surface area (Å²) < 4.78 is 11.1. The molecule has 0 spiro atoms. The molecule has 2 fully saturated rings. The third-order valence-corrected chi connectivity index (χ3v) is 5.52. The Morgan fingerprint density at radius 2 is 2.37 bits per heavy atom. The third kappa shape index (κ3) is 2.80. The van der Waals surface area contributed by atoms with Gasteiger partial charge in [-0.3, -0.25) is 0 Å². The quantitative estimate of drug-likeness (QED) is 0.894. The number of nitrogens with two attached hydrogens (primary N) is 1. The van der Waals surface area contributed by atoms with E-state index in [0.29, 0.717) is 24.4 Å². The average molecular weight is 283 g/mol. The summed E-state index contributed by atoms with van der Waals surface area (Å²) in [7, 11) is 0. The highest BCUT2D eigenvalue weighted by Crippen LogP contribution is 2.45. The lowest BCUT2D eigenvalue weighted by molar-refractivity contribution is -0.00549. The van der Waals surface area contributed by atoms with E-state index in [-0.39, 0.29) is 10.8 Å². The van der Waals surface area contributed by atoms with Crippen molar-refractivity contribution in [3.63, 3.8) is 0 Å². The Labute approximate surface area is 117 Å². The fourth-order valence-electron chi connectivity index (χ4n) is 2.40. The molecule has 3 rings (SSSR count). The van der Waals surface area contributed by atoms with Gasteiger partial charge in [-0.15, -0.1) is 11.8 Å². The van der Waals surface area contributed by atoms with Crippen molar-refractivity contribution in [1.29, 1.82) is 0 Å². The first kappa shape index (κ1) is 13.4. The molecule has 0 aromatic carbocycles. The highest BCUT2D eigenvalue weighted by molar-refractivity contribution is 8.00. The summed E-state index contributed by atoms with van der Waals surface area (Å²) in [4.78, 5) is 4.48. The molecule has 2 aliphatic rings. The van der Waals surface area contributed by atoms with E-state index in [1.807, 2.05) is 11.8 Å². The zero-order valence-electron chi connectivity index (χ0n) is 11.3. The van der Waals surface area contributed by atoms with E-state index in [1.165, 1.54) is 12.8 Å². The van der Waals surface area contributed by atoms with E-state index in [0.717, 1.165) is 25.0 Å². The molecule has 1 aliphatic carbocycles. The molecule has 1 saturated carbocycles. The summed E-state index contributed by atoms with van der Waals surface area (Å²) in [6.45, 7) is 2.64. The van der Waals surface area contributed by atoms with Gasteiger partial charge in [0.05, 0.1) is 23.5 Å². The first-order valence-electron chi connectivity index (χ1n) is 7.03. The minimum atomic E-state index is -0.284. The van der Waals surface area contributed by atoms with Gasteiger partial charge in [0.25, 0.3) is 0 Å². The molecule has 1 aromatic rings. The minimum absolute atomic E-state index is 0.0280. The molecule has 2 heterocycles. The van der Waals surface area contributed by atoms with Gasteiger partial charge in [0.2, 0.25) is 5.89 Å². The molecule has 6 heteroatoms. The van der Waals surface area contributed by atoms with Crippen LogP contribution < -0.4 is 5.73 Å². The Bertz CT molecular complexity index is 427. The highest BCUT2D eigenvalue weighted by atomic mass is 32.2. The van der Waals surface area contributed by atoms with Gasteiger partial charge >= 0.3 is 0 Å². The third-order valence-electron chi connectivity index (χ3n) is 4.01. The van der Waals surface area contributed by atoms with Gasteiger partial charge in [0, 0.05) is 0 Å². The molecule has 2 unspecified atom stereocenters. The lowest BCUT2D eigenvalue weighted by Crippen LogP contribution is -2.27. The van der Waals surface area contributed by atoms with E-state index < -0.39 is 0 Å². The van der Waals surface area contributed by atoms with E-state index in [2.05, 4.69) is 17.1 Å². The van der Waals surface area contributed by atoms with Crippen molar-refractivity contribution in [3.05, 3.63) is 11.7 Å². The van der Waals surface area contributed by atoms with E-state index in [9.17, 15) is 0 Å². The monoisotopic (exact) mass is 283 g/mol. The van der Waals surface area contributed by atoms with E-state index >= 15 is 0 Å². The second-order valence-electron chi connectivity index (χ2n) is 5.63. The molecule has 1 aliphatic heterocycles. The minimum Gasteiger partial charge on any atom is -0.376 e. The number of aromatic nitrogens is 2. The van der Waals surface area contributed by atoms with Gasteiger partial charge in [0.1, 0.15) is 0 Å². The summed E-state index contributed by atoms with van der Waals surface area (Å²) in [5.74, 6) is 2.44. The van der Waals surface area contributed by atoms with Crippen LogP contribution in [-0.4, -0.2) is 28.6 Å². The average Bonchev–Trinajstić information content (AvgIpc) is 2.96. The van der Waals surface area contributed by atoms with Crippen molar-refractivity contribution < 1.29 is 9.26 Å². The summed E-state index contributed by atoms with van der Waals surface area (Å²) in [5.41, 5.74) is 6.06. The van der Waals surface area contributed by atoms with Gasteiger partial charge in [-0.2, -0.15) is 4.98 Å². The first-order valence-corrected chi connectivity index (χ1v) is 8.01. The topological polar surface area (TPSA) is 74.2 Å². The van der Waals surface area contributed by atoms with E-state index in [1.54, 1.807) is 0 Å². The van der Waals surface area contributed by atoms with E-state index in [4.69, 9.17) is 15.0 Å². The van der Waals surface area contributed by atoms with Crippen molar-refractivity contribution in [3.8, 4) is 0 Å². The van der Waals surface area contributed by atoms with Crippen LogP contribution in [0.3, 0.4) is 0 Å². The SMILES string of the molecule is CC1(c2nc(C(N)COC3CCC3)no2)CCCS1. The molecule has 0 radical (unpaired) electrons. The lowest BCUT2D eigenvalue weighted by atomic mass is 9.96. The van der Waals surface area contributed by atoms with Crippen molar-refractivity contribution in [2.24, 2.45) is 5.73 Å². The normalized spacial score (nSPS) is 29.4. The molecular weight excluding hydrogens is 262 g/mol. The van der Waals surface area contributed by atoms with Crippen LogP contribution in [0.1, 0.15) is 56.8 Å². The van der Waals surface area contributed by atoms with Gasteiger partial charge in [-0.05, 0) is 44.8 Å². The fraction of sp³-hybridized carbons (Fsp3) is 0.846. The lowest BCUT2D eigenvalue weighted by Gasteiger charge is -2.26. The second kappa shape index (κ2) is 5.42. The van der Waals surface area contributed by atoms with Crippen molar-refractivity contribution in [1.82, 2.24) is 10.1 Å². The zero-order chi connectivity index (χ0) is 13.3. The molecule has 0 bridgehead atoms. The van der Waals surface area contributed by atoms with Crippen molar-refractivity contribution in [2.75, 3.05) is 12.4 Å². The molecule has 5 nitrogen and oxygen atoms in total. The maximum Gasteiger partial charge on any atom is 0.242 e. The Kier molecular flexibility index (Phi) is 3.82. The number of rotatable bonds is 5. The second-order valence-corrected chi connectivity index (χ2v) is 7.23. The molecule has 1 saturated heterocycles. The Hall–Kier alpha value is -0.590. The zero-order valence-corrected chi connectivity index (χ0v) is 12.1. The molecule has 2 N–H and O–H groups in total. The molecule has 106 valence electrons. The molecule has 0 amide bonds. The van der Waals surface area contributed by atoms with Crippen LogP contribution in [0.15, 0.2) is 4.52 Å². The molecule has 1 aromatic heterocycles. The van der Waals surface area contributed by atoms with Crippen molar-refractivity contribution in [2.45, 2.75) is 55.9 Å². The van der Waals surface area contributed by atoms with Crippen LogP contribution in [-0.2, 0) is 9.48 Å². The number of nitrogens with zero attached hydrogens (tertiary/aromatic N) is 2. The highest BCUT2D eigenvalue weighted by Gasteiger charge is 2.37. The smallest absolute Gasteiger partial charge is 0.242 e. The van der Waals surface area contributed by atoms with Crippen LogP contribution >= 0.6 is 11.8 Å². The summed E-state index contributed by atoms with van der Waals surface area (Å²) >= 11 is 1.89. The van der Waals surface area contributed by atoms with Crippen LogP contribution in [0.2, 0.25) is 0 Å². The number of ether oxygens (including phenoxy) is 1. The van der Waals surface area contributed by atoms with Crippen LogP contribution in [0.25, 0.3) is 0 Å². The molecule has 19 heavy (non-hydrogen) atoms. The summed E-state index contributed by atoms with van der Waals surface area (Å²) in [6.07, 6.45) is 6.25. The predicted octanol–water partition coefficient (Wildman–Crippen LogP) is 2.38. The fourth-order valence-corrected chi connectivity index (χ4v) is 3.63. The van der Waals surface area contributed by atoms with Gasteiger partial charge in [0.15, 0.2) is 5.82 Å². The van der Waals surface area contributed by atoms with Crippen LogP contribution in [0.5, 0.6) is 0 Å². The summed E-state index contributed by atoms with van der Waals surface area (Å²) in [6, 6.07) is -0.284. The van der Waals surface area contributed by atoms with Gasteiger partial charge in [-0.25, -0.2) is 0 Å². The van der Waals surface area contributed by atoms with Crippen LogP contribution in [0, 0.1) is 0 Å². The van der Waals surface area contributed by atoms with Crippen LogP contribution in [0.4, 0.5) is 0 Å². The van der Waals surface area contributed by atoms with Gasteiger partial charge in [-0.1, -0.05) is 5.16 Å². The Morgan fingerprint density at radius 1 is 1.53 bits per heavy atom.